The molecule has 2 heterocycles. The fraction of sp³-hybridized carbons (Fsp3) is 0.625. The Morgan fingerprint density at radius 1 is 1.67 bits per heavy atom. The van der Waals surface area contributed by atoms with E-state index < -0.39 is 10.0 Å². The second-order valence-corrected chi connectivity index (χ2v) is 6.46. The summed E-state index contributed by atoms with van der Waals surface area (Å²) in [5.41, 5.74) is 0. The molecule has 1 aromatic rings. The number of nitrogens with one attached hydrogen (secondary N) is 1. The van der Waals surface area contributed by atoms with Gasteiger partial charge in [-0.1, -0.05) is 0 Å². The van der Waals surface area contributed by atoms with Gasteiger partial charge in [-0.05, 0) is 6.92 Å². The second kappa shape index (κ2) is 4.15. The van der Waals surface area contributed by atoms with E-state index in [1.165, 1.54) is 16.8 Å². The molecule has 0 amide bonds. The Hall–Kier alpha value is -0.530. The minimum absolute atomic E-state index is 0.0528. The van der Waals surface area contributed by atoms with E-state index in [1.807, 2.05) is 6.92 Å². The highest BCUT2D eigenvalue weighted by Crippen LogP contribution is 2.22. The SMILES string of the molecule is CC1CSCCN1S(=O)(=O)c1cnc[nH]1. The van der Waals surface area contributed by atoms with Gasteiger partial charge in [-0.2, -0.15) is 16.1 Å². The molecular formula is C8H13N3O2S2. The zero-order valence-corrected chi connectivity index (χ0v) is 10.0. The number of thioether (sulfide) groups is 1. The van der Waals surface area contributed by atoms with Gasteiger partial charge in [0.1, 0.15) is 0 Å². The van der Waals surface area contributed by atoms with E-state index in [0.29, 0.717) is 6.54 Å². The van der Waals surface area contributed by atoms with Crippen LogP contribution in [0.5, 0.6) is 0 Å². The van der Waals surface area contributed by atoms with Crippen molar-refractivity contribution in [2.45, 2.75) is 18.0 Å². The van der Waals surface area contributed by atoms with Gasteiger partial charge in [0.2, 0.25) is 0 Å². The minimum atomic E-state index is -3.37. The molecule has 1 aliphatic heterocycles. The summed E-state index contributed by atoms with van der Waals surface area (Å²) < 4.78 is 25.7. The average molecular weight is 247 g/mol. The molecule has 1 N–H and O–H groups in total. The molecule has 2 rings (SSSR count). The topological polar surface area (TPSA) is 66.1 Å². The molecular weight excluding hydrogens is 234 g/mol. The van der Waals surface area contributed by atoms with Crippen molar-refractivity contribution in [3.8, 4) is 0 Å². The van der Waals surface area contributed by atoms with Crippen molar-refractivity contribution in [2.24, 2.45) is 0 Å². The molecule has 0 spiro atoms. The summed E-state index contributed by atoms with van der Waals surface area (Å²) in [5.74, 6) is 1.71. The normalized spacial score (nSPS) is 24.2. The third-order valence-electron chi connectivity index (χ3n) is 2.37. The predicted octanol–water partition coefficient (Wildman–Crippen LogP) is 0.536. The van der Waals surface area contributed by atoms with Gasteiger partial charge in [-0.15, -0.1) is 0 Å². The lowest BCUT2D eigenvalue weighted by atomic mass is 10.4. The first-order chi connectivity index (χ1) is 7.12. The molecule has 7 heteroatoms. The van der Waals surface area contributed by atoms with Gasteiger partial charge in [-0.25, -0.2) is 13.4 Å². The number of imidazole rings is 1. The zero-order valence-electron chi connectivity index (χ0n) is 8.38. The van der Waals surface area contributed by atoms with Crippen molar-refractivity contribution in [3.05, 3.63) is 12.5 Å². The first kappa shape index (κ1) is 11.0. The van der Waals surface area contributed by atoms with Crippen LogP contribution in [-0.4, -0.2) is 46.8 Å². The zero-order chi connectivity index (χ0) is 10.9. The Morgan fingerprint density at radius 3 is 3.07 bits per heavy atom. The Labute approximate surface area is 93.3 Å². The summed E-state index contributed by atoms with van der Waals surface area (Å²) in [5, 5.41) is 0.182. The van der Waals surface area contributed by atoms with Crippen molar-refractivity contribution in [1.82, 2.24) is 14.3 Å². The molecule has 0 aromatic carbocycles. The summed E-state index contributed by atoms with van der Waals surface area (Å²) in [7, 11) is -3.37. The van der Waals surface area contributed by atoms with Crippen molar-refractivity contribution in [3.63, 3.8) is 0 Å². The molecule has 15 heavy (non-hydrogen) atoms. The standard InChI is InChI=1S/C8H13N3O2S2/c1-7-5-14-3-2-11(7)15(12,13)8-4-9-6-10-8/h4,6-7H,2-3,5H2,1H3,(H,9,10). The number of H-pyrrole nitrogens is 1. The first-order valence-electron chi connectivity index (χ1n) is 4.70. The van der Waals surface area contributed by atoms with Crippen molar-refractivity contribution >= 4 is 21.8 Å². The highest BCUT2D eigenvalue weighted by Gasteiger charge is 2.31. The number of aromatic nitrogens is 2. The molecule has 1 aliphatic rings. The van der Waals surface area contributed by atoms with Gasteiger partial charge in [-0.3, -0.25) is 0 Å². The van der Waals surface area contributed by atoms with Crippen LogP contribution in [0.1, 0.15) is 6.92 Å². The van der Waals surface area contributed by atoms with Crippen LogP contribution < -0.4 is 0 Å². The summed E-state index contributed by atoms with van der Waals surface area (Å²) in [6, 6.07) is 0.0528. The summed E-state index contributed by atoms with van der Waals surface area (Å²) in [4.78, 5) is 6.39. The Kier molecular flexibility index (Phi) is 3.03. The molecule has 0 aliphatic carbocycles. The van der Waals surface area contributed by atoms with E-state index in [4.69, 9.17) is 0 Å². The fourth-order valence-electron chi connectivity index (χ4n) is 1.58. The average Bonchev–Trinajstić information content (AvgIpc) is 2.71. The Morgan fingerprint density at radius 2 is 2.47 bits per heavy atom. The van der Waals surface area contributed by atoms with Crippen LogP contribution >= 0.6 is 11.8 Å². The largest absolute Gasteiger partial charge is 0.335 e. The maximum Gasteiger partial charge on any atom is 0.260 e. The molecule has 5 nitrogen and oxygen atoms in total. The van der Waals surface area contributed by atoms with Crippen LogP contribution in [0, 0.1) is 0 Å². The van der Waals surface area contributed by atoms with Crippen LogP contribution in [0.15, 0.2) is 17.6 Å². The monoisotopic (exact) mass is 247 g/mol. The summed E-state index contributed by atoms with van der Waals surface area (Å²) in [6.45, 7) is 2.51. The van der Waals surface area contributed by atoms with Crippen LogP contribution in [0.3, 0.4) is 0 Å². The van der Waals surface area contributed by atoms with Gasteiger partial charge in [0.15, 0.2) is 5.03 Å². The number of hydrogen-bond donors (Lipinski definition) is 1. The maximum absolute atomic E-state index is 12.1. The Balaban J connectivity index is 2.29. The second-order valence-electron chi connectivity index (χ2n) is 3.46. The summed E-state index contributed by atoms with van der Waals surface area (Å²) in [6.07, 6.45) is 2.74. The number of rotatable bonds is 2. The van der Waals surface area contributed by atoms with E-state index in [9.17, 15) is 8.42 Å². The molecule has 0 radical (unpaired) electrons. The number of hydrogen-bond acceptors (Lipinski definition) is 4. The molecule has 0 bridgehead atoms. The lowest BCUT2D eigenvalue weighted by molar-refractivity contribution is 0.366. The van der Waals surface area contributed by atoms with Crippen LogP contribution in [-0.2, 0) is 10.0 Å². The molecule has 1 aromatic heterocycles. The quantitative estimate of drug-likeness (QED) is 0.828. The van der Waals surface area contributed by atoms with E-state index in [-0.39, 0.29) is 11.1 Å². The lowest BCUT2D eigenvalue weighted by Crippen LogP contribution is -2.44. The van der Waals surface area contributed by atoms with Crippen molar-refractivity contribution in [1.29, 1.82) is 0 Å². The maximum atomic E-state index is 12.1. The van der Waals surface area contributed by atoms with E-state index in [1.54, 1.807) is 11.8 Å². The lowest BCUT2D eigenvalue weighted by Gasteiger charge is -2.31. The molecule has 1 saturated heterocycles. The van der Waals surface area contributed by atoms with Crippen molar-refractivity contribution < 1.29 is 8.42 Å². The van der Waals surface area contributed by atoms with E-state index in [2.05, 4.69) is 9.97 Å². The third kappa shape index (κ3) is 2.04. The van der Waals surface area contributed by atoms with Gasteiger partial charge >= 0.3 is 0 Å². The number of sulfonamides is 1. The van der Waals surface area contributed by atoms with Gasteiger partial charge in [0.05, 0.1) is 12.5 Å². The Bertz CT molecular complexity index is 415. The van der Waals surface area contributed by atoms with E-state index >= 15 is 0 Å². The van der Waals surface area contributed by atoms with Gasteiger partial charge < -0.3 is 4.98 Å². The fourth-order valence-corrected chi connectivity index (χ4v) is 4.33. The highest BCUT2D eigenvalue weighted by atomic mass is 32.2. The molecule has 1 unspecified atom stereocenters. The van der Waals surface area contributed by atoms with Crippen LogP contribution in [0.4, 0.5) is 0 Å². The van der Waals surface area contributed by atoms with Gasteiger partial charge in [0.25, 0.3) is 10.0 Å². The van der Waals surface area contributed by atoms with Crippen LogP contribution in [0.2, 0.25) is 0 Å². The molecule has 0 saturated carbocycles. The molecule has 1 atom stereocenters. The highest BCUT2D eigenvalue weighted by molar-refractivity contribution is 7.99. The van der Waals surface area contributed by atoms with Gasteiger partial charge in [0, 0.05) is 24.1 Å². The predicted molar refractivity (Wildman–Crippen MR) is 59.3 cm³/mol. The smallest absolute Gasteiger partial charge is 0.260 e. The minimum Gasteiger partial charge on any atom is -0.335 e. The number of nitrogens with zero attached hydrogens (tertiary/aromatic N) is 2. The molecule has 84 valence electrons. The molecule has 1 fully saturated rings. The first-order valence-corrected chi connectivity index (χ1v) is 7.30. The number of aromatic amines is 1. The third-order valence-corrected chi connectivity index (χ3v) is 5.49. The van der Waals surface area contributed by atoms with Crippen molar-refractivity contribution in [2.75, 3.05) is 18.1 Å². The summed E-state index contributed by atoms with van der Waals surface area (Å²) >= 11 is 1.79. The van der Waals surface area contributed by atoms with Crippen LogP contribution in [0.25, 0.3) is 0 Å². The van der Waals surface area contributed by atoms with E-state index in [0.717, 1.165) is 11.5 Å².